The Bertz CT molecular complexity index is 706. The average Bonchev–Trinajstić information content (AvgIpc) is 3.28. The Morgan fingerprint density at radius 2 is 2.00 bits per heavy atom. The molecule has 1 N–H and O–H groups in total. The third kappa shape index (κ3) is 6.97. The molecule has 2 rings (SSSR count). The number of carbonyl (C=O) groups excluding carboxylic acids is 1. The van der Waals surface area contributed by atoms with E-state index in [4.69, 9.17) is 9.47 Å². The van der Waals surface area contributed by atoms with Gasteiger partial charge in [0.05, 0.1) is 12.7 Å². The van der Waals surface area contributed by atoms with Gasteiger partial charge in [-0.2, -0.15) is 0 Å². The molecule has 4 unspecified atom stereocenters. The molecule has 1 saturated heterocycles. The normalized spacial score (nSPS) is 34.5. The first-order valence-corrected chi connectivity index (χ1v) is 10.7. The van der Waals surface area contributed by atoms with Crippen LogP contribution in [0.25, 0.3) is 0 Å². The zero-order valence-corrected chi connectivity index (χ0v) is 19.0. The minimum Gasteiger partial charge on any atom is -0.452 e. The SMILES string of the molecule is CC(C)=CCCC1(C)/C=C\C(OC(=O)C=C(C)C)C2(C)OC2CC/C(CO)=C\C1. The third-order valence-corrected chi connectivity index (χ3v) is 5.92. The van der Waals surface area contributed by atoms with Gasteiger partial charge in [0.15, 0.2) is 6.10 Å². The van der Waals surface area contributed by atoms with Crippen LogP contribution in [0.3, 0.4) is 0 Å². The molecule has 0 amide bonds. The topological polar surface area (TPSA) is 59.1 Å². The van der Waals surface area contributed by atoms with Gasteiger partial charge >= 0.3 is 5.97 Å². The van der Waals surface area contributed by atoms with Gasteiger partial charge in [-0.25, -0.2) is 4.79 Å². The van der Waals surface area contributed by atoms with Crippen LogP contribution in [0.2, 0.25) is 0 Å². The molecular formula is C25H38O4. The van der Waals surface area contributed by atoms with Gasteiger partial charge in [0.25, 0.3) is 0 Å². The Labute approximate surface area is 176 Å². The van der Waals surface area contributed by atoms with Crippen molar-refractivity contribution in [2.45, 2.75) is 91.5 Å². The van der Waals surface area contributed by atoms with Crippen LogP contribution in [-0.4, -0.2) is 35.5 Å². The van der Waals surface area contributed by atoms with Crippen molar-refractivity contribution >= 4 is 5.97 Å². The molecule has 4 atom stereocenters. The number of hydrogen-bond acceptors (Lipinski definition) is 4. The maximum Gasteiger partial charge on any atom is 0.331 e. The fourth-order valence-electron chi connectivity index (χ4n) is 3.81. The van der Waals surface area contributed by atoms with E-state index in [1.54, 1.807) is 0 Å². The van der Waals surface area contributed by atoms with Crippen molar-refractivity contribution in [1.82, 2.24) is 0 Å². The first-order chi connectivity index (χ1) is 13.6. The molecule has 0 bridgehead atoms. The molecule has 0 aromatic heterocycles. The fourth-order valence-corrected chi connectivity index (χ4v) is 3.81. The molecule has 0 spiro atoms. The summed E-state index contributed by atoms with van der Waals surface area (Å²) in [7, 11) is 0. The van der Waals surface area contributed by atoms with Crippen LogP contribution in [0.1, 0.15) is 73.6 Å². The summed E-state index contributed by atoms with van der Waals surface area (Å²) in [6.07, 6.45) is 14.2. The Morgan fingerprint density at radius 3 is 2.62 bits per heavy atom. The summed E-state index contributed by atoms with van der Waals surface area (Å²) in [5.74, 6) is -0.328. The Balaban J connectivity index is 2.30. The molecule has 162 valence electrons. The number of carbonyl (C=O) groups is 1. The average molecular weight is 403 g/mol. The van der Waals surface area contributed by atoms with Crippen molar-refractivity contribution in [3.8, 4) is 0 Å². The summed E-state index contributed by atoms with van der Waals surface area (Å²) in [6, 6.07) is 0. The summed E-state index contributed by atoms with van der Waals surface area (Å²) in [5.41, 5.74) is 2.70. The van der Waals surface area contributed by atoms with Crippen molar-refractivity contribution in [3.05, 3.63) is 47.1 Å². The van der Waals surface area contributed by atoms with Gasteiger partial charge in [-0.15, -0.1) is 0 Å². The van der Waals surface area contributed by atoms with E-state index in [0.29, 0.717) is 0 Å². The first kappa shape index (κ1) is 23.6. The molecule has 29 heavy (non-hydrogen) atoms. The molecule has 2 aliphatic rings. The number of epoxide rings is 1. The predicted molar refractivity (Wildman–Crippen MR) is 118 cm³/mol. The van der Waals surface area contributed by atoms with Gasteiger partial charge in [0.1, 0.15) is 5.60 Å². The lowest BCUT2D eigenvalue weighted by molar-refractivity contribution is -0.143. The minimum atomic E-state index is -0.507. The largest absolute Gasteiger partial charge is 0.452 e. The van der Waals surface area contributed by atoms with Gasteiger partial charge in [-0.1, -0.05) is 36.3 Å². The van der Waals surface area contributed by atoms with E-state index in [1.807, 2.05) is 26.8 Å². The summed E-state index contributed by atoms with van der Waals surface area (Å²) in [5, 5.41) is 9.77. The smallest absolute Gasteiger partial charge is 0.331 e. The Hall–Kier alpha value is -1.65. The highest BCUT2D eigenvalue weighted by atomic mass is 16.6. The quantitative estimate of drug-likeness (QED) is 0.278. The summed E-state index contributed by atoms with van der Waals surface area (Å²) < 4.78 is 11.8. The van der Waals surface area contributed by atoms with Gasteiger partial charge in [-0.05, 0) is 83.8 Å². The second kappa shape index (κ2) is 9.90. The highest BCUT2D eigenvalue weighted by Gasteiger charge is 2.58. The number of aliphatic hydroxyl groups is 1. The van der Waals surface area contributed by atoms with E-state index in [0.717, 1.165) is 43.3 Å². The lowest BCUT2D eigenvalue weighted by Gasteiger charge is -2.26. The van der Waals surface area contributed by atoms with Crippen LogP contribution < -0.4 is 0 Å². The van der Waals surface area contributed by atoms with Crippen LogP contribution in [0.5, 0.6) is 0 Å². The van der Waals surface area contributed by atoms with Crippen molar-refractivity contribution in [2.24, 2.45) is 5.41 Å². The second-order valence-electron chi connectivity index (χ2n) is 9.47. The summed E-state index contributed by atoms with van der Waals surface area (Å²) in [4.78, 5) is 12.3. The molecule has 4 nitrogen and oxygen atoms in total. The molecular weight excluding hydrogens is 364 g/mol. The van der Waals surface area contributed by atoms with Crippen LogP contribution in [0.15, 0.2) is 47.1 Å². The molecule has 0 radical (unpaired) electrons. The van der Waals surface area contributed by atoms with Gasteiger partial charge in [0, 0.05) is 6.08 Å². The molecule has 0 saturated carbocycles. The molecule has 1 aliphatic carbocycles. The molecule has 1 aliphatic heterocycles. The molecule has 4 heteroatoms. The van der Waals surface area contributed by atoms with E-state index in [1.165, 1.54) is 11.6 Å². The Morgan fingerprint density at radius 1 is 1.28 bits per heavy atom. The zero-order valence-electron chi connectivity index (χ0n) is 19.0. The van der Waals surface area contributed by atoms with Gasteiger partial charge in [-0.3, -0.25) is 0 Å². The Kier molecular flexibility index (Phi) is 8.07. The number of aliphatic hydroxyl groups excluding tert-OH is 1. The van der Waals surface area contributed by atoms with Crippen molar-refractivity contribution < 1.29 is 19.4 Å². The predicted octanol–water partition coefficient (Wildman–Crippen LogP) is 5.43. The first-order valence-electron chi connectivity index (χ1n) is 10.7. The van der Waals surface area contributed by atoms with E-state index in [2.05, 4.69) is 39.0 Å². The van der Waals surface area contributed by atoms with Crippen LogP contribution >= 0.6 is 0 Å². The highest BCUT2D eigenvalue weighted by Crippen LogP contribution is 2.45. The van der Waals surface area contributed by atoms with E-state index in [9.17, 15) is 9.90 Å². The second-order valence-corrected chi connectivity index (χ2v) is 9.47. The summed E-state index contributed by atoms with van der Waals surface area (Å²) in [6.45, 7) is 12.3. The number of rotatable bonds is 6. The highest BCUT2D eigenvalue weighted by molar-refractivity contribution is 5.83. The monoisotopic (exact) mass is 402 g/mol. The maximum atomic E-state index is 12.3. The number of ether oxygens (including phenoxy) is 2. The van der Waals surface area contributed by atoms with Gasteiger partial charge < -0.3 is 14.6 Å². The number of hydrogen-bond donors (Lipinski definition) is 1. The van der Waals surface area contributed by atoms with Crippen LogP contribution in [0, 0.1) is 5.41 Å². The fraction of sp³-hybridized carbons (Fsp3) is 0.640. The maximum absolute atomic E-state index is 12.3. The van der Waals surface area contributed by atoms with Crippen molar-refractivity contribution in [3.63, 3.8) is 0 Å². The van der Waals surface area contributed by atoms with Crippen LogP contribution in [0.4, 0.5) is 0 Å². The van der Waals surface area contributed by atoms with Crippen molar-refractivity contribution in [2.75, 3.05) is 6.61 Å². The molecule has 1 heterocycles. The van der Waals surface area contributed by atoms with Gasteiger partial charge in [0.2, 0.25) is 0 Å². The third-order valence-electron chi connectivity index (χ3n) is 5.92. The molecule has 1 fully saturated rings. The lowest BCUT2D eigenvalue weighted by atomic mass is 9.80. The minimum absolute atomic E-state index is 0.0293. The summed E-state index contributed by atoms with van der Waals surface area (Å²) >= 11 is 0. The lowest BCUT2D eigenvalue weighted by Crippen LogP contribution is -2.32. The standard InChI is InChI=1S/C25H38O4/c1-18(2)8-7-13-24(5)14-11-20(17-26)9-10-22-25(6,29-22)21(12-15-24)28-23(27)16-19(3)4/h8,11-12,15-16,21-22,26H,7,9-10,13-14,17H2,1-6H3/b15-12-,20-11+. The van der Waals surface area contributed by atoms with Crippen molar-refractivity contribution in [1.29, 1.82) is 0 Å². The zero-order chi connectivity index (χ0) is 21.7. The number of esters is 1. The number of fused-ring (bicyclic) bond motifs is 1. The number of allylic oxidation sites excluding steroid dienone is 5. The van der Waals surface area contributed by atoms with E-state index >= 15 is 0 Å². The molecule has 0 aromatic rings. The van der Waals surface area contributed by atoms with E-state index < -0.39 is 11.7 Å². The van der Waals surface area contributed by atoms with Crippen LogP contribution in [-0.2, 0) is 14.3 Å². The van der Waals surface area contributed by atoms with E-state index in [-0.39, 0.29) is 24.1 Å². The molecule has 0 aromatic carbocycles.